The van der Waals surface area contributed by atoms with Crippen LogP contribution in [0.1, 0.15) is 18.9 Å². The molecule has 1 heterocycles. The van der Waals surface area contributed by atoms with Crippen LogP contribution in [-0.4, -0.2) is 43.4 Å². The van der Waals surface area contributed by atoms with Crippen molar-refractivity contribution in [3.63, 3.8) is 0 Å². The Morgan fingerprint density at radius 3 is 2.90 bits per heavy atom. The number of nitrogens with zero attached hydrogens (tertiary/aromatic N) is 1. The monoisotopic (exact) mass is 289 g/mol. The van der Waals surface area contributed by atoms with E-state index in [1.54, 1.807) is 7.05 Å². The second-order valence-corrected chi connectivity index (χ2v) is 5.48. The number of nitrogens with one attached hydrogen (secondary N) is 2. The third kappa shape index (κ3) is 3.97. The maximum atomic E-state index is 12.4. The molecule has 21 heavy (non-hydrogen) atoms. The zero-order valence-corrected chi connectivity index (χ0v) is 12.7. The molecule has 0 saturated heterocycles. The highest BCUT2D eigenvalue weighted by molar-refractivity contribution is 5.86. The summed E-state index contributed by atoms with van der Waals surface area (Å²) >= 11 is 0. The van der Waals surface area contributed by atoms with Gasteiger partial charge in [-0.15, -0.1) is 0 Å². The number of benzene rings is 1. The van der Waals surface area contributed by atoms with Gasteiger partial charge in [-0.25, -0.2) is 0 Å². The first kappa shape index (κ1) is 15.4. The minimum absolute atomic E-state index is 0.0173. The molecule has 0 aliphatic carbocycles. The summed E-state index contributed by atoms with van der Waals surface area (Å²) in [7, 11) is 1.69. The van der Waals surface area contributed by atoms with Crippen molar-refractivity contribution >= 4 is 17.5 Å². The molecule has 1 aromatic rings. The molecule has 0 fully saturated rings. The fourth-order valence-electron chi connectivity index (χ4n) is 2.54. The number of anilines is 1. The van der Waals surface area contributed by atoms with Gasteiger partial charge in [-0.05, 0) is 24.5 Å². The summed E-state index contributed by atoms with van der Waals surface area (Å²) in [4.78, 5) is 25.6. The number of carbonyl (C=O) groups excluding carboxylic acids is 2. The lowest BCUT2D eigenvalue weighted by molar-refractivity contribution is -0.137. The van der Waals surface area contributed by atoms with E-state index >= 15 is 0 Å². The van der Waals surface area contributed by atoms with Crippen LogP contribution < -0.4 is 10.6 Å². The van der Waals surface area contributed by atoms with Crippen LogP contribution in [0.3, 0.4) is 0 Å². The molecule has 0 saturated carbocycles. The average Bonchev–Trinajstić information content (AvgIpc) is 2.51. The maximum absolute atomic E-state index is 12.4. The third-order valence-corrected chi connectivity index (χ3v) is 3.70. The molecular formula is C16H23N3O2. The number of para-hydroxylation sites is 1. The van der Waals surface area contributed by atoms with E-state index in [0.717, 1.165) is 24.1 Å². The Hall–Kier alpha value is -2.04. The summed E-state index contributed by atoms with van der Waals surface area (Å²) in [5.74, 6) is -0.190. The molecule has 0 spiro atoms. The zero-order valence-electron chi connectivity index (χ0n) is 12.7. The Morgan fingerprint density at radius 1 is 1.38 bits per heavy atom. The molecular weight excluding hydrogens is 266 g/mol. The molecule has 5 nitrogen and oxygen atoms in total. The summed E-state index contributed by atoms with van der Waals surface area (Å²) in [6.07, 6.45) is 1.62. The molecule has 1 aliphatic heterocycles. The van der Waals surface area contributed by atoms with Crippen LogP contribution in [0.4, 0.5) is 5.69 Å². The highest BCUT2D eigenvalue weighted by Crippen LogP contribution is 2.25. The minimum Gasteiger partial charge on any atom is -0.384 e. The molecule has 1 aliphatic rings. The number of likely N-dealkylation sites (N-methyl/N-ethyl adjacent to an activating group) is 1. The molecule has 1 unspecified atom stereocenters. The van der Waals surface area contributed by atoms with E-state index < -0.39 is 0 Å². The van der Waals surface area contributed by atoms with Gasteiger partial charge < -0.3 is 15.5 Å². The number of fused-ring (bicyclic) bond motifs is 1. The number of rotatable bonds is 5. The van der Waals surface area contributed by atoms with Crippen molar-refractivity contribution in [1.29, 1.82) is 0 Å². The van der Waals surface area contributed by atoms with Crippen molar-refractivity contribution in [2.24, 2.45) is 5.92 Å². The van der Waals surface area contributed by atoms with Crippen molar-refractivity contribution < 1.29 is 9.59 Å². The molecule has 114 valence electrons. The number of hydrogen-bond donors (Lipinski definition) is 2. The Bertz CT molecular complexity index is 516. The topological polar surface area (TPSA) is 61.4 Å². The fraction of sp³-hybridized carbons (Fsp3) is 0.500. The van der Waals surface area contributed by atoms with Gasteiger partial charge in [0, 0.05) is 25.8 Å². The molecule has 5 heteroatoms. The molecule has 0 radical (unpaired) electrons. The normalized spacial score (nSPS) is 16.6. The van der Waals surface area contributed by atoms with E-state index in [2.05, 4.69) is 10.6 Å². The maximum Gasteiger partial charge on any atom is 0.239 e. The minimum atomic E-state index is -0.108. The van der Waals surface area contributed by atoms with Crippen molar-refractivity contribution in [3.05, 3.63) is 29.8 Å². The summed E-state index contributed by atoms with van der Waals surface area (Å²) in [6, 6.07) is 8.03. The Kier molecular flexibility index (Phi) is 5.20. The molecule has 0 bridgehead atoms. The van der Waals surface area contributed by atoms with Gasteiger partial charge in [0.15, 0.2) is 0 Å². The molecule has 0 aromatic heterocycles. The van der Waals surface area contributed by atoms with Crippen LogP contribution in [0, 0.1) is 5.92 Å². The standard InChI is InChI=1S/C16H23N3O2/c1-3-8-17-15(20)11-19(2)16(21)13-9-12-6-4-5-7-14(12)18-10-13/h4-7,13,18H,3,8-11H2,1-2H3,(H,17,20). The van der Waals surface area contributed by atoms with Gasteiger partial charge >= 0.3 is 0 Å². The fourth-order valence-corrected chi connectivity index (χ4v) is 2.54. The van der Waals surface area contributed by atoms with E-state index in [0.29, 0.717) is 13.1 Å². The smallest absolute Gasteiger partial charge is 0.239 e. The second kappa shape index (κ2) is 7.11. The van der Waals surface area contributed by atoms with Crippen LogP contribution in [0.5, 0.6) is 0 Å². The molecule has 2 rings (SSSR count). The van der Waals surface area contributed by atoms with Gasteiger partial charge in [-0.3, -0.25) is 9.59 Å². The SMILES string of the molecule is CCCNC(=O)CN(C)C(=O)C1CNc2ccccc2C1. The highest BCUT2D eigenvalue weighted by atomic mass is 16.2. The van der Waals surface area contributed by atoms with Crippen molar-refractivity contribution in [2.45, 2.75) is 19.8 Å². The van der Waals surface area contributed by atoms with Crippen LogP contribution in [0.15, 0.2) is 24.3 Å². The van der Waals surface area contributed by atoms with E-state index in [1.165, 1.54) is 4.90 Å². The van der Waals surface area contributed by atoms with E-state index in [-0.39, 0.29) is 24.3 Å². The Morgan fingerprint density at radius 2 is 2.14 bits per heavy atom. The Balaban J connectivity index is 1.90. The largest absolute Gasteiger partial charge is 0.384 e. The van der Waals surface area contributed by atoms with Crippen LogP contribution in [-0.2, 0) is 16.0 Å². The highest BCUT2D eigenvalue weighted by Gasteiger charge is 2.27. The van der Waals surface area contributed by atoms with Crippen LogP contribution in [0.2, 0.25) is 0 Å². The zero-order chi connectivity index (χ0) is 15.2. The third-order valence-electron chi connectivity index (χ3n) is 3.70. The molecule has 2 amide bonds. The van der Waals surface area contributed by atoms with Gasteiger partial charge in [-0.2, -0.15) is 0 Å². The number of carbonyl (C=O) groups is 2. The predicted molar refractivity (Wildman–Crippen MR) is 83.1 cm³/mol. The lowest BCUT2D eigenvalue weighted by Gasteiger charge is -2.28. The lowest BCUT2D eigenvalue weighted by Crippen LogP contribution is -2.44. The molecule has 2 N–H and O–H groups in total. The summed E-state index contributed by atoms with van der Waals surface area (Å²) in [5.41, 5.74) is 2.26. The Labute approximate surface area is 125 Å². The summed E-state index contributed by atoms with van der Waals surface area (Å²) in [6.45, 7) is 3.40. The number of hydrogen-bond acceptors (Lipinski definition) is 3. The van der Waals surface area contributed by atoms with Crippen molar-refractivity contribution in [3.8, 4) is 0 Å². The van der Waals surface area contributed by atoms with Gasteiger partial charge in [0.25, 0.3) is 0 Å². The van der Waals surface area contributed by atoms with Gasteiger partial charge in [-0.1, -0.05) is 25.1 Å². The summed E-state index contributed by atoms with van der Waals surface area (Å²) < 4.78 is 0. The quantitative estimate of drug-likeness (QED) is 0.858. The molecule has 1 aromatic carbocycles. The van der Waals surface area contributed by atoms with Gasteiger partial charge in [0.1, 0.15) is 0 Å². The van der Waals surface area contributed by atoms with Crippen LogP contribution >= 0.6 is 0 Å². The van der Waals surface area contributed by atoms with Gasteiger partial charge in [0.2, 0.25) is 11.8 Å². The lowest BCUT2D eigenvalue weighted by atomic mass is 9.93. The van der Waals surface area contributed by atoms with Crippen molar-refractivity contribution in [2.75, 3.05) is 32.0 Å². The van der Waals surface area contributed by atoms with E-state index in [9.17, 15) is 9.59 Å². The molecule has 1 atom stereocenters. The average molecular weight is 289 g/mol. The first-order valence-electron chi connectivity index (χ1n) is 7.45. The van der Waals surface area contributed by atoms with E-state index in [1.807, 2.05) is 31.2 Å². The second-order valence-electron chi connectivity index (χ2n) is 5.48. The number of amides is 2. The first-order valence-corrected chi connectivity index (χ1v) is 7.45. The predicted octanol–water partition coefficient (Wildman–Crippen LogP) is 1.26. The van der Waals surface area contributed by atoms with E-state index in [4.69, 9.17) is 0 Å². The van der Waals surface area contributed by atoms with Crippen molar-refractivity contribution in [1.82, 2.24) is 10.2 Å². The summed E-state index contributed by atoms with van der Waals surface area (Å²) in [5, 5.41) is 6.08. The van der Waals surface area contributed by atoms with Crippen LogP contribution in [0.25, 0.3) is 0 Å². The first-order chi connectivity index (χ1) is 10.1. The van der Waals surface area contributed by atoms with Gasteiger partial charge in [0.05, 0.1) is 12.5 Å².